The Morgan fingerprint density at radius 3 is 2.42 bits per heavy atom. The predicted octanol–water partition coefficient (Wildman–Crippen LogP) is 6.32. The summed E-state index contributed by atoms with van der Waals surface area (Å²) in [6, 6.07) is 10.6. The Labute approximate surface area is 164 Å². The zero-order valence-corrected chi connectivity index (χ0v) is 18.3. The predicted molar refractivity (Wildman–Crippen MR) is 117 cm³/mol. The van der Waals surface area contributed by atoms with Crippen molar-refractivity contribution in [2.45, 2.75) is 77.9 Å². The molecule has 0 radical (unpaired) electrons. The monoisotopic (exact) mass is 367 g/mol. The Morgan fingerprint density at radius 1 is 1.12 bits per heavy atom. The highest BCUT2D eigenvalue weighted by atomic mass is 28.3. The topological polar surface area (TPSA) is 12.9 Å². The van der Waals surface area contributed by atoms with E-state index >= 15 is 0 Å². The molecule has 1 aromatic carbocycles. The summed E-state index contributed by atoms with van der Waals surface area (Å²) in [6.45, 7) is 13.5. The first-order valence-corrected chi connectivity index (χ1v) is 13.5. The van der Waals surface area contributed by atoms with Gasteiger partial charge in [0.2, 0.25) is 0 Å². The minimum absolute atomic E-state index is 0.0789. The van der Waals surface area contributed by atoms with Gasteiger partial charge >= 0.3 is 0 Å². The van der Waals surface area contributed by atoms with E-state index in [2.05, 4.69) is 70.7 Å². The van der Waals surface area contributed by atoms with Gasteiger partial charge in [0, 0.05) is 14.5 Å². The second kappa shape index (κ2) is 7.30. The van der Waals surface area contributed by atoms with E-state index in [1.807, 2.05) is 6.20 Å². The second-order valence-electron chi connectivity index (χ2n) is 9.82. The first-order chi connectivity index (χ1) is 12.9. The van der Waals surface area contributed by atoms with Gasteiger partial charge in [-0.1, -0.05) is 84.3 Å². The van der Waals surface area contributed by atoms with Crippen LogP contribution < -0.4 is 5.19 Å². The molecule has 2 aromatic rings. The maximum atomic E-state index is 9.05. The molecule has 1 aliphatic carbocycles. The number of nitrogens with zero attached hydrogens (tertiary/aromatic N) is 1. The zero-order chi connectivity index (χ0) is 20.7. The van der Waals surface area contributed by atoms with Crippen molar-refractivity contribution in [3.8, 4) is 11.3 Å². The lowest BCUT2D eigenvalue weighted by Gasteiger charge is -2.23. The Bertz CT molecular complexity index is 840. The average molecular weight is 368 g/mol. The van der Waals surface area contributed by atoms with Crippen LogP contribution in [-0.2, 0) is 11.8 Å². The first-order valence-electron chi connectivity index (χ1n) is 11.0. The maximum Gasteiger partial charge on any atom is 0.0799 e. The Balaban J connectivity index is 2.13. The molecular weight excluding hydrogens is 330 g/mol. The molecule has 0 spiro atoms. The molecule has 1 saturated carbocycles. The van der Waals surface area contributed by atoms with Gasteiger partial charge in [0.25, 0.3) is 0 Å². The van der Waals surface area contributed by atoms with Gasteiger partial charge in [-0.25, -0.2) is 0 Å². The van der Waals surface area contributed by atoms with Crippen LogP contribution in [-0.4, -0.2) is 13.1 Å². The molecule has 0 saturated heterocycles. The van der Waals surface area contributed by atoms with Crippen LogP contribution in [0.15, 0.2) is 36.5 Å². The third-order valence-corrected chi connectivity index (χ3v) is 7.47. The highest BCUT2D eigenvalue weighted by molar-refractivity contribution is 6.89. The van der Waals surface area contributed by atoms with E-state index in [4.69, 9.17) is 7.73 Å². The summed E-state index contributed by atoms with van der Waals surface area (Å²) >= 11 is 0. The third kappa shape index (κ3) is 4.46. The number of benzene rings is 1. The number of aromatic nitrogens is 1. The Morgan fingerprint density at radius 2 is 1.81 bits per heavy atom. The number of pyridine rings is 1. The average Bonchev–Trinajstić information content (AvgIpc) is 3.15. The highest BCUT2D eigenvalue weighted by Crippen LogP contribution is 2.30. The van der Waals surface area contributed by atoms with Gasteiger partial charge in [0.1, 0.15) is 0 Å². The molecule has 0 unspecified atom stereocenters. The molecule has 0 N–H and O–H groups in total. The molecule has 0 atom stereocenters. The highest BCUT2D eigenvalue weighted by Gasteiger charge is 2.24. The fourth-order valence-corrected chi connectivity index (χ4v) is 5.17. The SMILES string of the molecule is [2H]C([2H])(c1cc(-c2cccc(C(C)(C)C)c2)ncc1[Si](C)(C)C)C1CCCC1. The molecule has 140 valence electrons. The van der Waals surface area contributed by atoms with Crippen LogP contribution >= 0.6 is 0 Å². The Hall–Kier alpha value is -1.41. The van der Waals surface area contributed by atoms with E-state index < -0.39 is 14.4 Å². The Kier molecular flexibility index (Phi) is 4.70. The number of hydrogen-bond acceptors (Lipinski definition) is 1. The fourth-order valence-electron chi connectivity index (χ4n) is 3.77. The molecule has 0 aliphatic heterocycles. The summed E-state index contributed by atoms with van der Waals surface area (Å²) in [4.78, 5) is 4.81. The van der Waals surface area contributed by atoms with Crippen LogP contribution in [0.2, 0.25) is 19.6 Å². The smallest absolute Gasteiger partial charge is 0.0799 e. The maximum absolute atomic E-state index is 9.05. The quantitative estimate of drug-likeness (QED) is 0.576. The molecule has 1 aromatic heterocycles. The lowest BCUT2D eigenvalue weighted by Crippen LogP contribution is -2.41. The van der Waals surface area contributed by atoms with E-state index in [0.717, 1.165) is 42.5 Å². The molecule has 0 bridgehead atoms. The van der Waals surface area contributed by atoms with Crippen molar-refractivity contribution < 1.29 is 2.74 Å². The van der Waals surface area contributed by atoms with Gasteiger partial charge in [-0.3, -0.25) is 4.98 Å². The summed E-state index contributed by atoms with van der Waals surface area (Å²) in [5.41, 5.74) is 4.23. The summed E-state index contributed by atoms with van der Waals surface area (Å²) in [5, 5.41) is 1.17. The van der Waals surface area contributed by atoms with Gasteiger partial charge < -0.3 is 0 Å². The number of hydrogen-bond donors (Lipinski definition) is 0. The lowest BCUT2D eigenvalue weighted by atomic mass is 9.86. The molecule has 2 heteroatoms. The van der Waals surface area contributed by atoms with Gasteiger partial charge in [-0.05, 0) is 46.2 Å². The molecule has 0 amide bonds. The second-order valence-corrected chi connectivity index (χ2v) is 14.9. The first kappa shape index (κ1) is 16.7. The number of rotatable bonds is 4. The van der Waals surface area contributed by atoms with Crippen molar-refractivity contribution in [3.63, 3.8) is 0 Å². The van der Waals surface area contributed by atoms with E-state index in [9.17, 15) is 0 Å². The van der Waals surface area contributed by atoms with Crippen molar-refractivity contribution in [2.75, 3.05) is 0 Å². The summed E-state index contributed by atoms with van der Waals surface area (Å²) < 4.78 is 18.1. The molecule has 26 heavy (non-hydrogen) atoms. The van der Waals surface area contributed by atoms with Crippen LogP contribution in [0.3, 0.4) is 0 Å². The van der Waals surface area contributed by atoms with Crippen LogP contribution in [0.1, 0.15) is 60.3 Å². The van der Waals surface area contributed by atoms with Gasteiger partial charge in [0.15, 0.2) is 0 Å². The van der Waals surface area contributed by atoms with Gasteiger partial charge in [-0.2, -0.15) is 0 Å². The van der Waals surface area contributed by atoms with Crippen molar-refractivity contribution in [1.29, 1.82) is 0 Å². The van der Waals surface area contributed by atoms with Crippen LogP contribution in [0.25, 0.3) is 11.3 Å². The van der Waals surface area contributed by atoms with Crippen molar-refractivity contribution in [2.24, 2.45) is 5.92 Å². The minimum Gasteiger partial charge on any atom is -0.256 e. The van der Waals surface area contributed by atoms with E-state index in [1.165, 1.54) is 10.8 Å². The largest absolute Gasteiger partial charge is 0.256 e. The lowest BCUT2D eigenvalue weighted by molar-refractivity contribution is 0.547. The molecule has 1 aliphatic rings. The third-order valence-electron chi connectivity index (χ3n) is 5.45. The standard InChI is InChI=1S/C24H35NSi/c1-24(2,3)21-13-9-12-19(15-21)22-16-20(14-18-10-7-8-11-18)23(17-25-22)26(4,5)6/h9,12-13,15-18H,7-8,10-11,14H2,1-6H3/i14D2. The van der Waals surface area contributed by atoms with Crippen molar-refractivity contribution in [3.05, 3.63) is 47.7 Å². The van der Waals surface area contributed by atoms with Crippen LogP contribution in [0.4, 0.5) is 0 Å². The van der Waals surface area contributed by atoms with Crippen molar-refractivity contribution >= 4 is 13.3 Å². The normalized spacial score (nSPS) is 17.9. The van der Waals surface area contributed by atoms with Crippen molar-refractivity contribution in [1.82, 2.24) is 4.98 Å². The fraction of sp³-hybridized carbons (Fsp3) is 0.542. The molecule has 1 heterocycles. The van der Waals surface area contributed by atoms with E-state index in [0.29, 0.717) is 0 Å². The summed E-state index contributed by atoms with van der Waals surface area (Å²) in [7, 11) is -1.71. The van der Waals surface area contributed by atoms with Crippen LogP contribution in [0.5, 0.6) is 0 Å². The zero-order valence-electron chi connectivity index (χ0n) is 19.3. The summed E-state index contributed by atoms with van der Waals surface area (Å²) in [5.74, 6) is 0.124. The minimum atomic E-state index is -1.71. The van der Waals surface area contributed by atoms with Gasteiger partial charge in [-0.15, -0.1) is 0 Å². The van der Waals surface area contributed by atoms with Crippen LogP contribution in [0, 0.1) is 5.92 Å². The van der Waals surface area contributed by atoms with E-state index in [1.54, 1.807) is 0 Å². The molecule has 1 fully saturated rings. The van der Waals surface area contributed by atoms with Gasteiger partial charge in [0.05, 0.1) is 13.8 Å². The molecule has 3 rings (SSSR count). The van der Waals surface area contributed by atoms with E-state index in [-0.39, 0.29) is 11.3 Å². The molecular formula is C24H35NSi. The summed E-state index contributed by atoms with van der Waals surface area (Å²) in [6.07, 6.45) is 4.99. The molecule has 1 nitrogen and oxygen atoms in total.